The summed E-state index contributed by atoms with van der Waals surface area (Å²) in [5.41, 5.74) is 12.1. The van der Waals surface area contributed by atoms with Crippen molar-refractivity contribution in [3.63, 3.8) is 0 Å². The minimum atomic E-state index is -0.620. The van der Waals surface area contributed by atoms with E-state index >= 15 is 0 Å². The molecule has 3 aromatic rings. The molecule has 3 aliphatic heterocycles. The quantitative estimate of drug-likeness (QED) is 0.378. The summed E-state index contributed by atoms with van der Waals surface area (Å²) in [6.45, 7) is 6.39. The zero-order valence-corrected chi connectivity index (χ0v) is 23.4. The van der Waals surface area contributed by atoms with Gasteiger partial charge in [-0.05, 0) is 38.0 Å². The fraction of sp³-hybridized carbons (Fsp3) is 0.370. The topological polar surface area (TPSA) is 187 Å². The number of nitrogens with zero attached hydrogens (tertiary/aromatic N) is 8. The molecule has 42 heavy (non-hydrogen) atoms. The van der Waals surface area contributed by atoms with Crippen molar-refractivity contribution in [2.75, 3.05) is 38.5 Å². The molecular formula is C27H30N10O5. The summed E-state index contributed by atoms with van der Waals surface area (Å²) < 4.78 is 5.47. The van der Waals surface area contributed by atoms with Gasteiger partial charge in [0.1, 0.15) is 29.5 Å². The number of oxazole rings is 1. The van der Waals surface area contributed by atoms with Gasteiger partial charge in [0.05, 0.1) is 17.9 Å². The number of allylic oxidation sites excluding steroid dienone is 1. The monoisotopic (exact) mass is 574 g/mol. The molecule has 15 nitrogen and oxygen atoms in total. The third kappa shape index (κ3) is 4.56. The lowest BCUT2D eigenvalue weighted by atomic mass is 10.1. The van der Waals surface area contributed by atoms with Crippen molar-refractivity contribution in [3.8, 4) is 5.75 Å². The first-order chi connectivity index (χ1) is 20.2. The van der Waals surface area contributed by atoms with Crippen LogP contribution in [0, 0.1) is 6.92 Å². The van der Waals surface area contributed by atoms with E-state index in [1.165, 1.54) is 18.3 Å². The van der Waals surface area contributed by atoms with E-state index in [1.54, 1.807) is 28.9 Å². The van der Waals surface area contributed by atoms with Crippen LogP contribution >= 0.6 is 0 Å². The lowest BCUT2D eigenvalue weighted by Crippen LogP contribution is -2.59. The number of rotatable bonds is 6. The number of fused-ring (bicyclic) bond motifs is 2. The maximum Gasteiger partial charge on any atom is 0.293 e. The first-order valence-electron chi connectivity index (χ1n) is 13.6. The fourth-order valence-corrected chi connectivity index (χ4v) is 5.45. The number of aromatic nitrogens is 3. The molecule has 2 amide bonds. The highest BCUT2D eigenvalue weighted by molar-refractivity contribution is 6.10. The number of hydrogen-bond donors (Lipinski definition) is 3. The Morgan fingerprint density at radius 2 is 1.95 bits per heavy atom. The Labute approximate surface area is 240 Å². The van der Waals surface area contributed by atoms with Gasteiger partial charge in [-0.2, -0.15) is 10.4 Å². The van der Waals surface area contributed by atoms with Crippen LogP contribution in [0.5, 0.6) is 5.75 Å². The number of nitrogen functional groups attached to an aromatic ring is 1. The molecule has 0 radical (unpaired) electrons. The number of piperazine rings is 1. The Balaban J connectivity index is 1.27. The zero-order valence-electron chi connectivity index (χ0n) is 23.4. The van der Waals surface area contributed by atoms with Gasteiger partial charge in [0.25, 0.3) is 17.8 Å². The largest absolute Gasteiger partial charge is 0.504 e. The number of aromatic hydroxyl groups is 1. The molecule has 5 heterocycles. The molecule has 1 unspecified atom stereocenters. The van der Waals surface area contributed by atoms with Gasteiger partial charge in [-0.1, -0.05) is 13.0 Å². The number of carbonyl (C=O) groups is 3. The van der Waals surface area contributed by atoms with Crippen molar-refractivity contribution in [2.24, 2.45) is 4.99 Å². The van der Waals surface area contributed by atoms with Gasteiger partial charge < -0.3 is 30.0 Å². The molecule has 3 aliphatic rings. The van der Waals surface area contributed by atoms with Gasteiger partial charge in [-0.25, -0.2) is 20.0 Å². The zero-order chi connectivity index (χ0) is 29.7. The summed E-state index contributed by atoms with van der Waals surface area (Å²) in [5, 5.41) is 11.7. The fourth-order valence-electron chi connectivity index (χ4n) is 5.45. The number of guanidine groups is 1. The second-order valence-corrected chi connectivity index (χ2v) is 10.3. The maximum atomic E-state index is 14.0. The number of hydrogen-bond acceptors (Lipinski definition) is 13. The standard InChI is InChI=1S/C27H30N10O5/c1-4-18-21(34-7-9-35(10-8-34)24(40)20-22(39)15(3)29-13-30-20)25(41)37-27(36(18)12-14(2)38)32-23(33-37)16-5-6-17-19(11-16)42-26(28)31-17/h5-6,11,13,23,33,39H,4,7-10,12H2,1-3H3,(H2,28,31). The lowest BCUT2D eigenvalue weighted by Gasteiger charge is -2.43. The van der Waals surface area contributed by atoms with Crippen LogP contribution in [0.2, 0.25) is 0 Å². The van der Waals surface area contributed by atoms with E-state index in [0.29, 0.717) is 66.7 Å². The molecule has 1 atom stereocenters. The van der Waals surface area contributed by atoms with Gasteiger partial charge in [0.2, 0.25) is 5.96 Å². The number of nitrogens with one attached hydrogen (secondary N) is 1. The molecule has 0 spiro atoms. The Morgan fingerprint density at radius 3 is 2.67 bits per heavy atom. The molecule has 1 saturated heterocycles. The SMILES string of the molecule is CCC1=C(N2CCN(C(=O)c3ncnc(C)c3O)CC2)C(=O)N2NC(c3ccc4nc(N)oc4c3)N=C2N1CC(C)=O. The summed E-state index contributed by atoms with van der Waals surface area (Å²) in [4.78, 5) is 61.6. The maximum absolute atomic E-state index is 14.0. The number of hydrazine groups is 1. The van der Waals surface area contributed by atoms with Crippen molar-refractivity contribution >= 4 is 40.7 Å². The molecule has 15 heteroatoms. The van der Waals surface area contributed by atoms with E-state index in [2.05, 4.69) is 20.4 Å². The van der Waals surface area contributed by atoms with Crippen LogP contribution in [-0.2, 0) is 9.59 Å². The van der Waals surface area contributed by atoms with E-state index in [9.17, 15) is 19.5 Å². The van der Waals surface area contributed by atoms with Crippen LogP contribution in [0.1, 0.15) is 48.2 Å². The third-order valence-corrected chi connectivity index (χ3v) is 7.49. The van der Waals surface area contributed by atoms with Crippen LogP contribution in [0.3, 0.4) is 0 Å². The number of ketones is 1. The Bertz CT molecular complexity index is 1670. The van der Waals surface area contributed by atoms with Gasteiger partial charge in [0.15, 0.2) is 17.0 Å². The van der Waals surface area contributed by atoms with Crippen LogP contribution in [0.4, 0.5) is 6.01 Å². The predicted molar refractivity (Wildman–Crippen MR) is 149 cm³/mol. The Kier molecular flexibility index (Phi) is 6.73. The molecule has 0 bridgehead atoms. The number of aryl methyl sites for hydroxylation is 1. The number of aliphatic imine (C=N–C) groups is 1. The van der Waals surface area contributed by atoms with E-state index in [-0.39, 0.29) is 35.7 Å². The average molecular weight is 575 g/mol. The first-order valence-corrected chi connectivity index (χ1v) is 13.6. The Morgan fingerprint density at radius 1 is 1.19 bits per heavy atom. The smallest absolute Gasteiger partial charge is 0.293 e. The van der Waals surface area contributed by atoms with Crippen molar-refractivity contribution in [1.82, 2.24) is 40.1 Å². The minimum absolute atomic E-state index is 0.0339. The molecule has 1 fully saturated rings. The average Bonchev–Trinajstić information content (AvgIpc) is 3.58. The molecule has 218 valence electrons. The summed E-state index contributed by atoms with van der Waals surface area (Å²) in [5.74, 6) is -0.701. The second kappa shape index (κ2) is 10.4. The number of carbonyl (C=O) groups excluding carboxylic acids is 3. The number of amides is 2. The summed E-state index contributed by atoms with van der Waals surface area (Å²) in [6.07, 6.45) is 1.10. The van der Waals surface area contributed by atoms with Gasteiger partial charge in [-0.3, -0.25) is 14.4 Å². The predicted octanol–water partition coefficient (Wildman–Crippen LogP) is 0.900. The molecule has 2 aromatic heterocycles. The second-order valence-electron chi connectivity index (χ2n) is 10.3. The summed E-state index contributed by atoms with van der Waals surface area (Å²) in [6, 6.07) is 5.41. The number of Topliss-reactive ketones (excluding diaryl/α,β-unsaturated/α-hetero) is 1. The van der Waals surface area contributed by atoms with Crippen molar-refractivity contribution < 1.29 is 23.9 Å². The first kappa shape index (κ1) is 27.1. The minimum Gasteiger partial charge on any atom is -0.504 e. The van der Waals surface area contributed by atoms with Crippen LogP contribution < -0.4 is 11.2 Å². The van der Waals surface area contributed by atoms with E-state index < -0.39 is 12.1 Å². The molecule has 4 N–H and O–H groups in total. The summed E-state index contributed by atoms with van der Waals surface area (Å²) in [7, 11) is 0. The van der Waals surface area contributed by atoms with Crippen LogP contribution in [0.25, 0.3) is 11.1 Å². The van der Waals surface area contributed by atoms with Crippen molar-refractivity contribution in [2.45, 2.75) is 33.4 Å². The highest BCUT2D eigenvalue weighted by Crippen LogP contribution is 2.33. The van der Waals surface area contributed by atoms with E-state index in [4.69, 9.17) is 15.1 Å². The van der Waals surface area contributed by atoms with Crippen molar-refractivity contribution in [3.05, 3.63) is 52.9 Å². The highest BCUT2D eigenvalue weighted by Gasteiger charge is 2.44. The van der Waals surface area contributed by atoms with E-state index in [0.717, 1.165) is 5.56 Å². The molecule has 6 rings (SSSR count). The molecular weight excluding hydrogens is 544 g/mol. The Hall–Kier alpha value is -5.05. The number of nitrogens with two attached hydrogens (primary N) is 1. The van der Waals surface area contributed by atoms with Gasteiger partial charge >= 0.3 is 0 Å². The third-order valence-electron chi connectivity index (χ3n) is 7.49. The normalized spacial score (nSPS) is 19.1. The number of anilines is 1. The van der Waals surface area contributed by atoms with Crippen molar-refractivity contribution in [1.29, 1.82) is 0 Å². The van der Waals surface area contributed by atoms with Crippen LogP contribution in [0.15, 0.2) is 45.3 Å². The van der Waals surface area contributed by atoms with Gasteiger partial charge in [0, 0.05) is 26.2 Å². The highest BCUT2D eigenvalue weighted by atomic mass is 16.4. The van der Waals surface area contributed by atoms with Crippen LogP contribution in [-0.4, -0.2) is 96.0 Å². The van der Waals surface area contributed by atoms with Gasteiger partial charge in [-0.15, -0.1) is 0 Å². The lowest BCUT2D eigenvalue weighted by molar-refractivity contribution is -0.129. The molecule has 1 aromatic carbocycles. The van der Waals surface area contributed by atoms with E-state index in [1.807, 2.05) is 17.9 Å². The number of benzene rings is 1. The summed E-state index contributed by atoms with van der Waals surface area (Å²) >= 11 is 0. The molecule has 0 saturated carbocycles. The molecule has 0 aliphatic carbocycles.